The Hall–Kier alpha value is -0.990. The number of aromatic nitrogens is 2. The van der Waals surface area contributed by atoms with E-state index in [0.29, 0.717) is 0 Å². The molecule has 0 spiro atoms. The molecule has 0 atom stereocenters. The highest BCUT2D eigenvalue weighted by Crippen LogP contribution is 2.30. The number of nitrogens with two attached hydrogens (primary N) is 1. The molecule has 18 heavy (non-hydrogen) atoms. The van der Waals surface area contributed by atoms with Crippen LogP contribution in [0.2, 0.25) is 0 Å². The van der Waals surface area contributed by atoms with Crippen LogP contribution in [0.5, 0.6) is 0 Å². The van der Waals surface area contributed by atoms with E-state index in [9.17, 15) is 0 Å². The van der Waals surface area contributed by atoms with Gasteiger partial charge in [-0.25, -0.2) is 4.98 Å². The highest BCUT2D eigenvalue weighted by atomic mass is 15.2. The number of nitrogen functional groups attached to an aromatic ring is 1. The number of anilines is 1. The zero-order chi connectivity index (χ0) is 13.3. The van der Waals surface area contributed by atoms with Gasteiger partial charge in [0.25, 0.3) is 0 Å². The summed E-state index contributed by atoms with van der Waals surface area (Å²) >= 11 is 0. The standard InChI is InChI=1S/C15H27N3/c1-11-17-13(10-12-8-6-5-7-9-12)14(16)18(11)15(2,3)4/h12H,5-10,16H2,1-4H3. The predicted octanol–water partition coefficient (Wildman–Crippen LogP) is 3.65. The van der Waals surface area contributed by atoms with Crippen LogP contribution in [0.15, 0.2) is 0 Å². The van der Waals surface area contributed by atoms with Crippen molar-refractivity contribution in [3.8, 4) is 0 Å². The van der Waals surface area contributed by atoms with Crippen molar-refractivity contribution in [3.05, 3.63) is 11.5 Å². The van der Waals surface area contributed by atoms with Gasteiger partial charge in [-0.15, -0.1) is 0 Å². The molecule has 0 aromatic carbocycles. The van der Waals surface area contributed by atoms with Gasteiger partial charge < -0.3 is 10.3 Å². The topological polar surface area (TPSA) is 43.8 Å². The molecule has 3 nitrogen and oxygen atoms in total. The Kier molecular flexibility index (Phi) is 3.69. The Morgan fingerprint density at radius 1 is 1.22 bits per heavy atom. The monoisotopic (exact) mass is 249 g/mol. The maximum Gasteiger partial charge on any atom is 0.127 e. The lowest BCUT2D eigenvalue weighted by Crippen LogP contribution is -2.25. The van der Waals surface area contributed by atoms with E-state index < -0.39 is 0 Å². The molecule has 0 amide bonds. The smallest absolute Gasteiger partial charge is 0.127 e. The molecule has 0 unspecified atom stereocenters. The van der Waals surface area contributed by atoms with Crippen molar-refractivity contribution in [2.45, 2.75) is 71.8 Å². The summed E-state index contributed by atoms with van der Waals surface area (Å²) in [6.07, 6.45) is 7.92. The summed E-state index contributed by atoms with van der Waals surface area (Å²) in [5, 5.41) is 0. The van der Waals surface area contributed by atoms with Crippen molar-refractivity contribution in [3.63, 3.8) is 0 Å². The second-order valence-electron chi connectivity index (χ2n) is 6.71. The molecule has 1 aliphatic carbocycles. The molecule has 0 radical (unpaired) electrons. The molecular weight excluding hydrogens is 222 g/mol. The molecule has 2 N–H and O–H groups in total. The van der Waals surface area contributed by atoms with Gasteiger partial charge in [0, 0.05) is 5.54 Å². The van der Waals surface area contributed by atoms with E-state index in [0.717, 1.165) is 29.7 Å². The molecule has 1 aliphatic rings. The predicted molar refractivity (Wildman–Crippen MR) is 76.7 cm³/mol. The van der Waals surface area contributed by atoms with Gasteiger partial charge in [0.15, 0.2) is 0 Å². The SMILES string of the molecule is Cc1nc(CC2CCCCC2)c(N)n1C(C)(C)C. The molecule has 1 aromatic rings. The van der Waals surface area contributed by atoms with Crippen LogP contribution in [-0.4, -0.2) is 9.55 Å². The summed E-state index contributed by atoms with van der Waals surface area (Å²) in [5.74, 6) is 2.72. The largest absolute Gasteiger partial charge is 0.384 e. The van der Waals surface area contributed by atoms with Crippen molar-refractivity contribution >= 4 is 5.82 Å². The Labute approximate surface area is 111 Å². The minimum absolute atomic E-state index is 0.0198. The van der Waals surface area contributed by atoms with Crippen LogP contribution in [0.4, 0.5) is 5.82 Å². The van der Waals surface area contributed by atoms with E-state index in [2.05, 4.69) is 32.3 Å². The zero-order valence-electron chi connectivity index (χ0n) is 12.3. The molecular formula is C15H27N3. The summed E-state index contributed by atoms with van der Waals surface area (Å²) in [7, 11) is 0. The third-order valence-corrected chi connectivity index (χ3v) is 4.03. The first-order chi connectivity index (χ1) is 8.39. The van der Waals surface area contributed by atoms with E-state index in [1.807, 2.05) is 0 Å². The fourth-order valence-electron chi connectivity index (χ4n) is 3.27. The third kappa shape index (κ3) is 2.70. The number of rotatable bonds is 2. The van der Waals surface area contributed by atoms with Crippen molar-refractivity contribution in [1.29, 1.82) is 0 Å². The average molecular weight is 249 g/mol. The number of aryl methyl sites for hydroxylation is 1. The Morgan fingerprint density at radius 2 is 1.83 bits per heavy atom. The summed E-state index contributed by atoms with van der Waals surface area (Å²) < 4.78 is 2.17. The first kappa shape index (κ1) is 13.4. The van der Waals surface area contributed by atoms with Gasteiger partial charge in [-0.1, -0.05) is 32.1 Å². The third-order valence-electron chi connectivity index (χ3n) is 4.03. The molecule has 3 heteroatoms. The minimum Gasteiger partial charge on any atom is -0.384 e. The zero-order valence-corrected chi connectivity index (χ0v) is 12.3. The van der Waals surface area contributed by atoms with Crippen LogP contribution >= 0.6 is 0 Å². The Bertz CT molecular complexity index is 406. The van der Waals surface area contributed by atoms with Gasteiger partial charge in [-0.05, 0) is 40.0 Å². The van der Waals surface area contributed by atoms with Gasteiger partial charge in [0.05, 0.1) is 5.69 Å². The van der Waals surface area contributed by atoms with Gasteiger partial charge in [0.2, 0.25) is 0 Å². The lowest BCUT2D eigenvalue weighted by molar-refractivity contribution is 0.354. The number of hydrogen-bond acceptors (Lipinski definition) is 2. The van der Waals surface area contributed by atoms with Gasteiger partial charge in [-0.2, -0.15) is 0 Å². The van der Waals surface area contributed by atoms with Crippen LogP contribution in [0.1, 0.15) is 64.4 Å². The van der Waals surface area contributed by atoms with Crippen molar-refractivity contribution in [2.24, 2.45) is 5.92 Å². The van der Waals surface area contributed by atoms with E-state index in [1.165, 1.54) is 32.1 Å². The highest BCUT2D eigenvalue weighted by Gasteiger charge is 2.24. The Morgan fingerprint density at radius 3 is 2.33 bits per heavy atom. The van der Waals surface area contributed by atoms with E-state index in [4.69, 9.17) is 10.7 Å². The average Bonchev–Trinajstić information content (AvgIpc) is 2.54. The summed E-state index contributed by atoms with van der Waals surface area (Å²) in [6.45, 7) is 8.61. The molecule has 2 rings (SSSR count). The van der Waals surface area contributed by atoms with Crippen molar-refractivity contribution in [2.75, 3.05) is 5.73 Å². The van der Waals surface area contributed by atoms with Crippen LogP contribution < -0.4 is 5.73 Å². The summed E-state index contributed by atoms with van der Waals surface area (Å²) in [5.41, 5.74) is 7.45. The maximum atomic E-state index is 6.31. The fourth-order valence-corrected chi connectivity index (χ4v) is 3.27. The van der Waals surface area contributed by atoms with Crippen molar-refractivity contribution < 1.29 is 0 Å². The molecule has 1 heterocycles. The lowest BCUT2D eigenvalue weighted by Gasteiger charge is -2.24. The molecule has 1 saturated carbocycles. The number of nitrogens with zero attached hydrogens (tertiary/aromatic N) is 2. The number of imidazole rings is 1. The van der Waals surface area contributed by atoms with Gasteiger partial charge >= 0.3 is 0 Å². The van der Waals surface area contributed by atoms with Crippen LogP contribution in [0, 0.1) is 12.8 Å². The van der Waals surface area contributed by atoms with Crippen LogP contribution in [-0.2, 0) is 12.0 Å². The van der Waals surface area contributed by atoms with E-state index in [1.54, 1.807) is 0 Å². The summed E-state index contributed by atoms with van der Waals surface area (Å²) in [6, 6.07) is 0. The molecule has 0 bridgehead atoms. The number of hydrogen-bond donors (Lipinski definition) is 1. The second-order valence-corrected chi connectivity index (χ2v) is 6.71. The van der Waals surface area contributed by atoms with Crippen molar-refractivity contribution in [1.82, 2.24) is 9.55 Å². The molecule has 102 valence electrons. The quantitative estimate of drug-likeness (QED) is 0.869. The Balaban J connectivity index is 2.19. The second kappa shape index (κ2) is 4.94. The molecule has 0 aliphatic heterocycles. The first-order valence-electron chi connectivity index (χ1n) is 7.24. The van der Waals surface area contributed by atoms with E-state index in [-0.39, 0.29) is 5.54 Å². The van der Waals surface area contributed by atoms with Crippen LogP contribution in [0.25, 0.3) is 0 Å². The fraction of sp³-hybridized carbons (Fsp3) is 0.800. The van der Waals surface area contributed by atoms with Crippen LogP contribution in [0.3, 0.4) is 0 Å². The van der Waals surface area contributed by atoms with Gasteiger partial charge in [-0.3, -0.25) is 0 Å². The molecule has 1 fully saturated rings. The highest BCUT2D eigenvalue weighted by molar-refractivity contribution is 5.39. The van der Waals surface area contributed by atoms with Gasteiger partial charge in [0.1, 0.15) is 11.6 Å². The normalized spacial score (nSPS) is 18.2. The first-order valence-corrected chi connectivity index (χ1v) is 7.24. The molecule has 1 aromatic heterocycles. The summed E-state index contributed by atoms with van der Waals surface area (Å²) in [4.78, 5) is 4.71. The maximum absolute atomic E-state index is 6.31. The molecule has 0 saturated heterocycles. The minimum atomic E-state index is 0.0198. The van der Waals surface area contributed by atoms with E-state index >= 15 is 0 Å². The lowest BCUT2D eigenvalue weighted by atomic mass is 9.86.